The number of allylic oxidation sites excluding steroid dienone is 4. The molecule has 2 saturated heterocycles. The lowest BCUT2D eigenvalue weighted by Gasteiger charge is -2.72. The highest BCUT2D eigenvalue weighted by Gasteiger charge is 2.75. The number of nitrogens with two attached hydrogens (primary N) is 1. The van der Waals surface area contributed by atoms with Gasteiger partial charge in [0.1, 0.15) is 17.6 Å². The number of benzene rings is 2. The summed E-state index contributed by atoms with van der Waals surface area (Å²) in [6.07, 6.45) is 14.5. The number of β-amino-alcohol motifs (C(OH)–C–C–N with tert-alkyl or cyclic N) is 1. The van der Waals surface area contributed by atoms with Gasteiger partial charge >= 0.3 is 0 Å². The molecule has 62 heavy (non-hydrogen) atoms. The monoisotopic (exact) mass is 845 g/mol. The van der Waals surface area contributed by atoms with Gasteiger partial charge in [-0.3, -0.25) is 9.59 Å². The van der Waals surface area contributed by atoms with E-state index in [-0.39, 0.29) is 64.1 Å². The molecule has 2 aromatic carbocycles. The molecule has 2 heterocycles. The van der Waals surface area contributed by atoms with Crippen molar-refractivity contribution in [1.82, 2.24) is 5.32 Å². The van der Waals surface area contributed by atoms with E-state index >= 15 is 4.79 Å². The number of rotatable bonds is 7. The molecule has 11 rings (SSSR count). The number of aromatic hydroxyl groups is 1. The highest BCUT2D eigenvalue weighted by Crippen LogP contribution is 2.77. The van der Waals surface area contributed by atoms with Crippen molar-refractivity contribution < 1.29 is 29.6 Å². The van der Waals surface area contributed by atoms with E-state index in [4.69, 9.17) is 10.5 Å². The fraction of sp³-hybridized carbons (Fsp3) is 0.667. The van der Waals surface area contributed by atoms with Gasteiger partial charge in [0.15, 0.2) is 5.78 Å². The van der Waals surface area contributed by atoms with Crippen molar-refractivity contribution in [2.75, 3.05) is 12.3 Å². The number of nitrogen functional groups attached to an aromatic ring is 1. The fourth-order valence-electron chi connectivity index (χ4n) is 16.9. The fourth-order valence-corrected chi connectivity index (χ4v) is 16.9. The number of carbonyl (C=O) groups excluding carboxylic acids is 2. The Hall–Kier alpha value is -3.30. The summed E-state index contributed by atoms with van der Waals surface area (Å²) >= 11 is 0. The first-order valence-electron chi connectivity index (χ1n) is 24.3. The van der Waals surface area contributed by atoms with Crippen LogP contribution in [0.2, 0.25) is 0 Å². The van der Waals surface area contributed by atoms with E-state index in [0.29, 0.717) is 49.8 Å². The lowest BCUT2D eigenvalue weighted by Crippen LogP contribution is -2.72. The molecule has 4 saturated carbocycles. The zero-order valence-corrected chi connectivity index (χ0v) is 38.1. The van der Waals surface area contributed by atoms with Crippen LogP contribution in [0.5, 0.6) is 5.75 Å². The Morgan fingerprint density at radius 3 is 2.48 bits per heavy atom. The molecule has 0 radical (unpaired) electrons. The Kier molecular flexibility index (Phi) is 10.0. The van der Waals surface area contributed by atoms with Crippen LogP contribution in [0.4, 0.5) is 5.69 Å². The van der Waals surface area contributed by atoms with Crippen LogP contribution in [0.1, 0.15) is 148 Å². The van der Waals surface area contributed by atoms with E-state index < -0.39 is 28.1 Å². The van der Waals surface area contributed by atoms with Crippen molar-refractivity contribution in [2.24, 2.45) is 51.2 Å². The van der Waals surface area contributed by atoms with Gasteiger partial charge in [-0.25, -0.2) is 0 Å². The Labute approximate surface area is 369 Å². The molecule has 6 N–H and O–H groups in total. The molecule has 1 spiro atoms. The average Bonchev–Trinajstić information content (AvgIpc) is 3.61. The summed E-state index contributed by atoms with van der Waals surface area (Å²) in [6.45, 7) is 14.1. The zero-order valence-electron chi connectivity index (χ0n) is 38.1. The Bertz CT molecular complexity index is 2210. The number of ketones is 2. The number of hydrogen-bond donors (Lipinski definition) is 5. The Morgan fingerprint density at radius 1 is 0.952 bits per heavy atom. The number of anilines is 1. The van der Waals surface area contributed by atoms with E-state index in [2.05, 4.69) is 64.2 Å². The Morgan fingerprint density at radius 2 is 1.71 bits per heavy atom. The first-order valence-corrected chi connectivity index (χ1v) is 24.3. The number of ether oxygens (including phenoxy) is 1. The van der Waals surface area contributed by atoms with Gasteiger partial charge in [-0.2, -0.15) is 0 Å². The SMILES string of the molecule is CC(CC(O)C1OC1(C)C1CCCC1c1cccc(N)c1)C1=C2CCC3C4(C)C5C=CCC6(CCCCC(C)(O)CNC(CC3(C)C2(C)CC1=O)C64)C(=O)C5c1cccc(O)c1. The second-order valence-corrected chi connectivity index (χ2v) is 23.1. The molecule has 16 atom stereocenters. The summed E-state index contributed by atoms with van der Waals surface area (Å²) < 4.78 is 6.52. The molecule has 16 unspecified atom stereocenters. The number of hydrogen-bond acceptors (Lipinski definition) is 8. The molecule has 8 heteroatoms. The van der Waals surface area contributed by atoms with Crippen LogP contribution in [0.15, 0.2) is 71.8 Å². The van der Waals surface area contributed by atoms with Crippen LogP contribution in [-0.4, -0.2) is 62.9 Å². The first kappa shape index (κ1) is 42.6. The highest BCUT2D eigenvalue weighted by molar-refractivity contribution is 6.00. The summed E-state index contributed by atoms with van der Waals surface area (Å²) in [7, 11) is 0. The van der Waals surface area contributed by atoms with Crippen LogP contribution in [0.3, 0.4) is 0 Å². The summed E-state index contributed by atoms with van der Waals surface area (Å²) in [5, 5.41) is 38.4. The molecule has 2 aromatic rings. The molecular formula is C54H72N2O6. The van der Waals surface area contributed by atoms with Crippen LogP contribution in [0, 0.1) is 51.2 Å². The van der Waals surface area contributed by atoms with Gasteiger partial charge in [-0.05, 0) is 159 Å². The molecule has 334 valence electrons. The number of carbonyl (C=O) groups is 2. The molecule has 6 fully saturated rings. The lowest BCUT2D eigenvalue weighted by atomic mass is 9.32. The number of nitrogens with one attached hydrogen (secondary N) is 1. The maximum atomic E-state index is 15.5. The minimum atomic E-state index is -0.862. The summed E-state index contributed by atoms with van der Waals surface area (Å²) in [6, 6.07) is 15.7. The second kappa shape index (κ2) is 14.6. The third-order valence-electron chi connectivity index (χ3n) is 19.7. The van der Waals surface area contributed by atoms with Gasteiger partial charge in [0.25, 0.3) is 0 Å². The van der Waals surface area contributed by atoms with Crippen molar-refractivity contribution in [1.29, 1.82) is 0 Å². The van der Waals surface area contributed by atoms with Crippen LogP contribution >= 0.6 is 0 Å². The van der Waals surface area contributed by atoms with Gasteiger partial charge in [-0.1, -0.05) is 88.9 Å². The predicted molar refractivity (Wildman–Crippen MR) is 242 cm³/mol. The largest absolute Gasteiger partial charge is 0.508 e. The van der Waals surface area contributed by atoms with Crippen molar-refractivity contribution in [2.45, 2.75) is 166 Å². The Balaban J connectivity index is 0.993. The number of epoxide rings is 1. The molecule has 9 aliphatic rings. The number of aliphatic hydroxyl groups is 2. The lowest BCUT2D eigenvalue weighted by molar-refractivity contribution is -0.211. The zero-order chi connectivity index (χ0) is 43.8. The summed E-state index contributed by atoms with van der Waals surface area (Å²) in [4.78, 5) is 30.3. The molecule has 8 nitrogen and oxygen atoms in total. The smallest absolute Gasteiger partial charge is 0.159 e. The van der Waals surface area contributed by atoms with Crippen LogP contribution in [0.25, 0.3) is 0 Å². The van der Waals surface area contributed by atoms with Crippen molar-refractivity contribution in [3.05, 3.63) is 83.0 Å². The molecule has 0 aromatic heterocycles. The maximum absolute atomic E-state index is 15.5. The minimum absolute atomic E-state index is 0.0340. The van der Waals surface area contributed by atoms with Crippen LogP contribution in [-0.2, 0) is 14.3 Å². The van der Waals surface area contributed by atoms with Crippen molar-refractivity contribution in [3.63, 3.8) is 0 Å². The highest BCUT2D eigenvalue weighted by atomic mass is 16.6. The normalized spacial score (nSPS) is 45.8. The predicted octanol–water partition coefficient (Wildman–Crippen LogP) is 9.33. The molecule has 2 bridgehead atoms. The summed E-state index contributed by atoms with van der Waals surface area (Å²) in [5.74, 6) is 1.10. The summed E-state index contributed by atoms with van der Waals surface area (Å²) in [5.41, 5.74) is 8.51. The van der Waals surface area contributed by atoms with Gasteiger partial charge < -0.3 is 31.1 Å². The van der Waals surface area contributed by atoms with E-state index in [1.807, 2.05) is 37.3 Å². The molecule has 2 aliphatic heterocycles. The van der Waals surface area contributed by atoms with Crippen molar-refractivity contribution >= 4 is 17.3 Å². The molecule has 0 amide bonds. The van der Waals surface area contributed by atoms with Gasteiger partial charge in [0, 0.05) is 35.5 Å². The first-order chi connectivity index (χ1) is 29.4. The van der Waals surface area contributed by atoms with Crippen molar-refractivity contribution in [3.8, 4) is 5.75 Å². The van der Waals surface area contributed by atoms with Gasteiger partial charge in [-0.15, -0.1) is 0 Å². The molecular weight excluding hydrogens is 773 g/mol. The number of phenols is 1. The van der Waals surface area contributed by atoms with Gasteiger partial charge in [0.2, 0.25) is 0 Å². The average molecular weight is 845 g/mol. The topological polar surface area (TPSA) is 145 Å². The quantitative estimate of drug-likeness (QED) is 0.105. The molecule has 7 aliphatic carbocycles. The maximum Gasteiger partial charge on any atom is 0.159 e. The minimum Gasteiger partial charge on any atom is -0.508 e. The van der Waals surface area contributed by atoms with Crippen LogP contribution < -0.4 is 11.1 Å². The number of phenolic OH excluding ortho intramolecular Hbond substituents is 1. The van der Waals surface area contributed by atoms with E-state index in [9.17, 15) is 20.1 Å². The van der Waals surface area contributed by atoms with E-state index in [1.165, 1.54) is 11.1 Å². The van der Waals surface area contributed by atoms with Gasteiger partial charge in [0.05, 0.1) is 23.2 Å². The second-order valence-electron chi connectivity index (χ2n) is 23.1. The number of aliphatic hydroxyl groups excluding tert-OH is 1. The number of fused-ring (bicyclic) bond motifs is 5. The number of Topliss-reactive ketones (excluding diaryl/α,β-unsaturated/α-hetero) is 2. The third-order valence-corrected chi connectivity index (χ3v) is 19.7. The van der Waals surface area contributed by atoms with E-state index in [1.54, 1.807) is 6.07 Å². The standard InChI is InChI=1S/C54H72N2O6/c1-31(25-41(58)48-53(6,62-48)37-18-11-17-36(37)32-13-9-15-34(55)26-32)44-38-20-21-43-51(4,50(38,3)29-42(44)59)28-40-46-52(43,5)39-19-12-24-54(46,23-8-7-22-49(2,61)30-56-40)47(60)45(39)33-14-10-16-35(57)27-33/h9-10,12-16,19,26-27,31,36-37,39-41,43,45-46,48,56-58,61H,7-8,11,17-18,20-25,28-30,55H2,1-6H3. The third kappa shape index (κ3) is 6.11. The van der Waals surface area contributed by atoms with E-state index in [0.717, 1.165) is 74.6 Å².